The van der Waals surface area contributed by atoms with Gasteiger partial charge >= 0.3 is 12.4 Å². The van der Waals surface area contributed by atoms with E-state index in [0.717, 1.165) is 18.2 Å². The van der Waals surface area contributed by atoms with E-state index < -0.39 is 48.5 Å². The molecule has 170 valence electrons. The minimum absolute atomic E-state index is 0.189. The van der Waals surface area contributed by atoms with Crippen molar-refractivity contribution in [3.63, 3.8) is 0 Å². The monoisotopic (exact) mass is 491 g/mol. The molecule has 2 aromatic carbocycles. The second kappa shape index (κ2) is 10.3. The molecule has 0 fully saturated rings. The van der Waals surface area contributed by atoms with E-state index in [1.54, 1.807) is 6.07 Å². The van der Waals surface area contributed by atoms with Gasteiger partial charge in [0, 0.05) is 0 Å². The average Bonchev–Trinajstić information content (AvgIpc) is 2.66. The quantitative estimate of drug-likeness (QED) is 0.378. The third-order valence-corrected chi connectivity index (χ3v) is 4.12. The summed E-state index contributed by atoms with van der Waals surface area (Å²) in [6.45, 7) is -3.57. The predicted molar refractivity (Wildman–Crippen MR) is 98.3 cm³/mol. The Bertz CT molecular complexity index is 921. The van der Waals surface area contributed by atoms with Crippen molar-refractivity contribution in [1.82, 2.24) is 5.48 Å². The summed E-state index contributed by atoms with van der Waals surface area (Å²) >= 11 is 11.6. The molecule has 0 aromatic heterocycles. The SMILES string of the molecule is O=C(NOCc1ccc(Cl)c(Cl)c1)c1cc(OCC(F)(F)F)ccc1OCC(F)(F)F. The Kier molecular flexibility index (Phi) is 8.27. The van der Waals surface area contributed by atoms with Gasteiger partial charge < -0.3 is 9.47 Å². The lowest BCUT2D eigenvalue weighted by Crippen LogP contribution is -2.26. The first-order chi connectivity index (χ1) is 14.3. The van der Waals surface area contributed by atoms with E-state index in [1.165, 1.54) is 12.1 Å². The van der Waals surface area contributed by atoms with Gasteiger partial charge in [-0.25, -0.2) is 5.48 Å². The molecule has 1 amide bonds. The maximum atomic E-state index is 12.4. The fourth-order valence-electron chi connectivity index (χ4n) is 2.10. The Morgan fingerprint density at radius 2 is 1.52 bits per heavy atom. The molecule has 0 aliphatic heterocycles. The van der Waals surface area contributed by atoms with Crippen molar-refractivity contribution in [1.29, 1.82) is 0 Å². The summed E-state index contributed by atoms with van der Waals surface area (Å²) in [7, 11) is 0. The van der Waals surface area contributed by atoms with Gasteiger partial charge in [0.05, 0.1) is 22.2 Å². The van der Waals surface area contributed by atoms with E-state index in [9.17, 15) is 31.1 Å². The van der Waals surface area contributed by atoms with Crippen LogP contribution in [0.1, 0.15) is 15.9 Å². The number of amides is 1. The predicted octanol–water partition coefficient (Wildman–Crippen LogP) is 5.74. The summed E-state index contributed by atoms with van der Waals surface area (Å²) in [5, 5.41) is 0.517. The average molecular weight is 492 g/mol. The molecule has 0 aliphatic rings. The lowest BCUT2D eigenvalue weighted by atomic mass is 10.2. The van der Waals surface area contributed by atoms with Crippen LogP contribution in [0.25, 0.3) is 0 Å². The third-order valence-electron chi connectivity index (χ3n) is 3.38. The zero-order chi connectivity index (χ0) is 23.2. The van der Waals surface area contributed by atoms with Crippen LogP contribution in [0.5, 0.6) is 11.5 Å². The fourth-order valence-corrected chi connectivity index (χ4v) is 2.42. The third kappa shape index (κ3) is 8.72. The molecular weight excluding hydrogens is 479 g/mol. The zero-order valence-corrected chi connectivity index (χ0v) is 16.8. The number of hydrogen-bond donors (Lipinski definition) is 1. The number of halogens is 8. The summed E-state index contributed by atoms with van der Waals surface area (Å²) in [6, 6.07) is 7.10. The second-order valence-corrected chi connectivity index (χ2v) is 6.75. The van der Waals surface area contributed by atoms with Crippen molar-refractivity contribution < 1.29 is 45.4 Å². The van der Waals surface area contributed by atoms with Crippen molar-refractivity contribution >= 4 is 29.1 Å². The number of hydroxylamine groups is 1. The van der Waals surface area contributed by atoms with E-state index in [2.05, 4.69) is 9.47 Å². The lowest BCUT2D eigenvalue weighted by Gasteiger charge is -2.15. The zero-order valence-electron chi connectivity index (χ0n) is 15.2. The van der Waals surface area contributed by atoms with E-state index >= 15 is 0 Å². The molecule has 31 heavy (non-hydrogen) atoms. The van der Waals surface area contributed by atoms with Crippen molar-refractivity contribution in [2.45, 2.75) is 19.0 Å². The number of carbonyl (C=O) groups excluding carboxylic acids is 1. The van der Waals surface area contributed by atoms with Gasteiger partial charge in [-0.2, -0.15) is 26.3 Å². The number of ether oxygens (including phenoxy) is 2. The maximum Gasteiger partial charge on any atom is 0.422 e. The van der Waals surface area contributed by atoms with Gasteiger partial charge in [0.2, 0.25) is 0 Å². The van der Waals surface area contributed by atoms with Crippen molar-refractivity contribution in [2.75, 3.05) is 13.2 Å². The Morgan fingerprint density at radius 1 is 0.871 bits per heavy atom. The molecule has 0 saturated carbocycles. The Labute approximate surface area is 181 Å². The number of carbonyl (C=O) groups is 1. The van der Waals surface area contributed by atoms with Crippen LogP contribution in [0.15, 0.2) is 36.4 Å². The van der Waals surface area contributed by atoms with Crippen molar-refractivity contribution in [2.24, 2.45) is 0 Å². The van der Waals surface area contributed by atoms with E-state index in [-0.39, 0.29) is 16.7 Å². The Hall–Kier alpha value is -2.37. The number of rotatable bonds is 8. The normalized spacial score (nSPS) is 11.9. The first-order valence-corrected chi connectivity index (χ1v) is 8.99. The molecule has 2 rings (SSSR count). The molecule has 0 unspecified atom stereocenters. The van der Waals surface area contributed by atoms with Gasteiger partial charge in [-0.15, -0.1) is 0 Å². The van der Waals surface area contributed by atoms with Crippen LogP contribution in [-0.2, 0) is 11.4 Å². The van der Waals surface area contributed by atoms with Crippen LogP contribution in [0.4, 0.5) is 26.3 Å². The molecule has 0 heterocycles. The fraction of sp³-hybridized carbons (Fsp3) is 0.278. The van der Waals surface area contributed by atoms with Crippen LogP contribution < -0.4 is 15.0 Å². The first-order valence-electron chi connectivity index (χ1n) is 8.23. The minimum Gasteiger partial charge on any atom is -0.484 e. The highest BCUT2D eigenvalue weighted by molar-refractivity contribution is 6.42. The lowest BCUT2D eigenvalue weighted by molar-refractivity contribution is -0.154. The topological polar surface area (TPSA) is 56.8 Å². The van der Waals surface area contributed by atoms with E-state index in [0.29, 0.717) is 5.56 Å². The largest absolute Gasteiger partial charge is 0.484 e. The number of alkyl halides is 6. The van der Waals surface area contributed by atoms with E-state index in [4.69, 9.17) is 28.0 Å². The minimum atomic E-state index is -4.70. The molecule has 2 aromatic rings. The van der Waals surface area contributed by atoms with Crippen molar-refractivity contribution in [3.8, 4) is 11.5 Å². The summed E-state index contributed by atoms with van der Waals surface area (Å²) in [6.07, 6.45) is -9.36. The number of benzene rings is 2. The molecule has 0 bridgehead atoms. The van der Waals surface area contributed by atoms with Crippen LogP contribution in [-0.4, -0.2) is 31.5 Å². The second-order valence-electron chi connectivity index (χ2n) is 5.93. The summed E-state index contributed by atoms with van der Waals surface area (Å²) < 4.78 is 83.3. The molecule has 5 nitrogen and oxygen atoms in total. The van der Waals surface area contributed by atoms with Crippen LogP contribution in [0.2, 0.25) is 10.0 Å². The Balaban J connectivity index is 2.12. The maximum absolute atomic E-state index is 12.4. The molecule has 0 atom stereocenters. The molecule has 0 saturated heterocycles. The summed E-state index contributed by atoms with van der Waals surface area (Å²) in [4.78, 5) is 17.3. The molecule has 0 aliphatic carbocycles. The van der Waals surface area contributed by atoms with Gasteiger partial charge in [-0.05, 0) is 35.9 Å². The van der Waals surface area contributed by atoms with Crippen molar-refractivity contribution in [3.05, 3.63) is 57.6 Å². The van der Waals surface area contributed by atoms with Crippen LogP contribution in [0, 0.1) is 0 Å². The molecular formula is C18H13Cl2F6NO4. The van der Waals surface area contributed by atoms with Gasteiger partial charge in [0.1, 0.15) is 11.5 Å². The van der Waals surface area contributed by atoms with Gasteiger partial charge in [-0.1, -0.05) is 29.3 Å². The standard InChI is InChI=1S/C18H13Cl2F6NO4/c19-13-3-1-10(5-14(13)20)7-31-27-16(28)12-6-11(29-8-17(21,22)23)2-4-15(12)30-9-18(24,25)26/h1-6H,7-9H2,(H,27,28). The molecule has 13 heteroatoms. The molecule has 0 radical (unpaired) electrons. The smallest absolute Gasteiger partial charge is 0.422 e. The highest BCUT2D eigenvalue weighted by Gasteiger charge is 2.30. The van der Waals surface area contributed by atoms with Gasteiger partial charge in [-0.3, -0.25) is 9.63 Å². The highest BCUT2D eigenvalue weighted by Crippen LogP contribution is 2.28. The van der Waals surface area contributed by atoms with Gasteiger partial charge in [0.25, 0.3) is 5.91 Å². The highest BCUT2D eigenvalue weighted by atomic mass is 35.5. The summed E-state index contributed by atoms with van der Waals surface area (Å²) in [5.41, 5.74) is 1.94. The Morgan fingerprint density at radius 3 is 2.13 bits per heavy atom. The summed E-state index contributed by atoms with van der Waals surface area (Å²) in [5.74, 6) is -2.02. The molecule has 1 N–H and O–H groups in total. The number of nitrogens with one attached hydrogen (secondary N) is 1. The van der Waals surface area contributed by atoms with Gasteiger partial charge in [0.15, 0.2) is 13.2 Å². The number of hydrogen-bond acceptors (Lipinski definition) is 4. The van der Waals surface area contributed by atoms with Crippen LogP contribution >= 0.6 is 23.2 Å². The van der Waals surface area contributed by atoms with E-state index in [1.807, 2.05) is 5.48 Å². The van der Waals surface area contributed by atoms with Crippen LogP contribution in [0.3, 0.4) is 0 Å². The first kappa shape index (κ1) is 24.9. The molecule has 0 spiro atoms.